The Bertz CT molecular complexity index is 1480. The average molecular weight is 478 g/mol. The van der Waals surface area contributed by atoms with E-state index in [4.69, 9.17) is 10.1 Å². The lowest BCUT2D eigenvalue weighted by Gasteiger charge is -2.16. The van der Waals surface area contributed by atoms with Gasteiger partial charge in [-0.15, -0.1) is 22.6 Å². The molecule has 176 valence electrons. The van der Waals surface area contributed by atoms with Crippen LogP contribution in [0.15, 0.2) is 30.3 Å². The van der Waals surface area contributed by atoms with Gasteiger partial charge >= 0.3 is 0 Å². The Morgan fingerprint density at radius 3 is 2.59 bits per heavy atom. The molecule has 0 spiro atoms. The number of likely N-dealkylation sites (tertiary alicyclic amines) is 1. The third-order valence-electron chi connectivity index (χ3n) is 6.89. The van der Waals surface area contributed by atoms with E-state index in [0.29, 0.717) is 12.2 Å². The van der Waals surface area contributed by atoms with Gasteiger partial charge < -0.3 is 15.0 Å². The lowest BCUT2D eigenvalue weighted by Crippen LogP contribution is -2.22. The van der Waals surface area contributed by atoms with Crippen molar-refractivity contribution in [1.82, 2.24) is 34.7 Å². The third-order valence-corrected chi connectivity index (χ3v) is 6.89. The van der Waals surface area contributed by atoms with Crippen molar-refractivity contribution in [3.05, 3.63) is 58.4 Å². The van der Waals surface area contributed by atoms with Gasteiger partial charge in [0, 0.05) is 18.4 Å². The predicted molar refractivity (Wildman–Crippen MR) is 135 cm³/mol. The first-order valence-electron chi connectivity index (χ1n) is 11.6. The van der Waals surface area contributed by atoms with E-state index in [1.54, 1.807) is 16.6 Å². The molecule has 0 atom stereocenters. The molecule has 5 aromatic rings. The Morgan fingerprint density at radius 1 is 1.06 bits per heavy atom. The zero-order valence-electron chi connectivity index (χ0n) is 19.4. The molecule has 0 bridgehead atoms. The minimum atomic E-state index is 0. The molecule has 0 aliphatic carbocycles. The zero-order valence-corrected chi connectivity index (χ0v) is 20.2. The minimum absolute atomic E-state index is 0. The summed E-state index contributed by atoms with van der Waals surface area (Å²) in [5, 5.41) is 24.2. The Kier molecular flexibility index (Phi) is 5.87. The summed E-state index contributed by atoms with van der Waals surface area (Å²) in [5.41, 5.74) is 7.57. The Morgan fingerprint density at radius 2 is 1.82 bits per heavy atom. The molecule has 6 rings (SSSR count). The number of aromatic hydroxyl groups is 1. The topological polar surface area (TPSA) is 95.2 Å². The lowest BCUT2D eigenvalue weighted by atomic mass is 9.98. The smallest absolute Gasteiger partial charge is 0.273 e. The van der Waals surface area contributed by atoms with E-state index in [9.17, 15) is 5.11 Å². The molecule has 1 aliphatic rings. The Hall–Kier alpha value is -3.23. The Balaban J connectivity index is 0.00000241. The van der Waals surface area contributed by atoms with Crippen molar-refractivity contribution in [2.75, 3.05) is 19.6 Å². The first-order valence-corrected chi connectivity index (χ1v) is 11.6. The van der Waals surface area contributed by atoms with E-state index >= 15 is 0 Å². The third kappa shape index (κ3) is 3.86. The number of hydrogen-bond donors (Lipinski definition) is 2. The van der Waals surface area contributed by atoms with Gasteiger partial charge in [0.1, 0.15) is 11.3 Å². The second-order valence-corrected chi connectivity index (χ2v) is 9.13. The number of H-pyrrole nitrogens is 1. The lowest BCUT2D eigenvalue weighted by molar-refractivity contribution is 0.343. The van der Waals surface area contributed by atoms with Crippen LogP contribution in [0.3, 0.4) is 0 Å². The van der Waals surface area contributed by atoms with Gasteiger partial charge in [0.05, 0.1) is 5.52 Å². The van der Waals surface area contributed by atoms with Gasteiger partial charge in [0.15, 0.2) is 11.5 Å². The minimum Gasteiger partial charge on any atom is -0.508 e. The van der Waals surface area contributed by atoms with Crippen LogP contribution in [0.4, 0.5) is 0 Å². The predicted octanol–water partition coefficient (Wildman–Crippen LogP) is 4.13. The van der Waals surface area contributed by atoms with Crippen molar-refractivity contribution in [3.63, 3.8) is 0 Å². The van der Waals surface area contributed by atoms with Gasteiger partial charge in [-0.1, -0.05) is 18.2 Å². The standard InChI is InChI=1S/C25H27N7O.ClH/c1-15-13-18(9-12-31-10-3-4-11-31)16(2)21-22(15)26-24-23(21)30-32-20(28-29-25(32)27-24)14-17-5-7-19(33)8-6-17;/h5-8,13,33H,3-4,9-12,14H2,1-2H3,(H,26,27,29);1H. The molecule has 1 fully saturated rings. The average Bonchev–Trinajstić information content (AvgIpc) is 3.54. The number of halogens is 1. The largest absolute Gasteiger partial charge is 0.508 e. The highest BCUT2D eigenvalue weighted by atomic mass is 35.5. The SMILES string of the molecule is Cc1cc(CCN2CCCC2)c(C)c2c1[nH]c1nc3nnc(Cc4ccc(O)cc4)n3nc12.Cl. The number of aromatic nitrogens is 6. The molecule has 2 N–H and O–H groups in total. The van der Waals surface area contributed by atoms with Gasteiger partial charge in [-0.2, -0.15) is 14.6 Å². The van der Waals surface area contributed by atoms with Crippen LogP contribution in [0.2, 0.25) is 0 Å². The van der Waals surface area contributed by atoms with Crippen LogP contribution in [-0.2, 0) is 12.8 Å². The van der Waals surface area contributed by atoms with Crippen LogP contribution in [0, 0.1) is 13.8 Å². The van der Waals surface area contributed by atoms with E-state index in [-0.39, 0.29) is 18.2 Å². The van der Waals surface area contributed by atoms with E-state index in [1.807, 2.05) is 12.1 Å². The molecule has 8 nitrogen and oxygen atoms in total. The van der Waals surface area contributed by atoms with Gasteiger partial charge in [0.2, 0.25) is 0 Å². The second-order valence-electron chi connectivity index (χ2n) is 9.13. The van der Waals surface area contributed by atoms with Gasteiger partial charge in [-0.05, 0) is 80.6 Å². The number of nitrogens with zero attached hydrogens (tertiary/aromatic N) is 6. The number of rotatable bonds is 5. The molecule has 0 amide bonds. The quantitative estimate of drug-likeness (QED) is 0.395. The van der Waals surface area contributed by atoms with Gasteiger partial charge in [-0.25, -0.2) is 0 Å². The fraction of sp³-hybridized carbons (Fsp3) is 0.360. The molecule has 3 aromatic heterocycles. The molecule has 4 heterocycles. The first kappa shape index (κ1) is 22.6. The molecule has 1 aliphatic heterocycles. The fourth-order valence-electron chi connectivity index (χ4n) is 5.04. The van der Waals surface area contributed by atoms with E-state index in [2.05, 4.69) is 40.0 Å². The molecule has 0 unspecified atom stereocenters. The second kappa shape index (κ2) is 8.85. The van der Waals surface area contributed by atoms with E-state index in [1.165, 1.54) is 42.6 Å². The van der Waals surface area contributed by atoms with Crippen molar-refractivity contribution in [2.45, 2.75) is 39.5 Å². The molecule has 9 heteroatoms. The van der Waals surface area contributed by atoms with Crippen molar-refractivity contribution in [3.8, 4) is 5.75 Å². The molecular weight excluding hydrogens is 450 g/mol. The number of phenolic OH excluding ortho intramolecular Hbond substituents is 1. The number of aryl methyl sites for hydroxylation is 2. The van der Waals surface area contributed by atoms with Crippen molar-refractivity contribution in [2.24, 2.45) is 0 Å². The summed E-state index contributed by atoms with van der Waals surface area (Å²) < 4.78 is 1.74. The summed E-state index contributed by atoms with van der Waals surface area (Å²) in [6.07, 6.45) is 4.24. The summed E-state index contributed by atoms with van der Waals surface area (Å²) in [6.45, 7) is 7.89. The summed E-state index contributed by atoms with van der Waals surface area (Å²) in [6, 6.07) is 9.43. The van der Waals surface area contributed by atoms with Crippen molar-refractivity contribution < 1.29 is 5.11 Å². The molecular formula is C25H28ClN7O. The molecule has 0 radical (unpaired) electrons. The molecule has 0 saturated carbocycles. The van der Waals surface area contributed by atoms with Crippen molar-refractivity contribution >= 4 is 40.3 Å². The summed E-state index contributed by atoms with van der Waals surface area (Å²) in [4.78, 5) is 10.8. The maximum absolute atomic E-state index is 9.56. The van der Waals surface area contributed by atoms with Crippen LogP contribution < -0.4 is 0 Å². The maximum atomic E-state index is 9.56. The first-order chi connectivity index (χ1) is 16.1. The van der Waals surface area contributed by atoms with Crippen molar-refractivity contribution in [1.29, 1.82) is 0 Å². The number of fused-ring (bicyclic) bond motifs is 4. The highest BCUT2D eigenvalue weighted by Crippen LogP contribution is 2.31. The number of aromatic amines is 1. The number of benzene rings is 2. The van der Waals surface area contributed by atoms with Crippen LogP contribution in [0.5, 0.6) is 5.75 Å². The van der Waals surface area contributed by atoms with E-state index in [0.717, 1.165) is 46.4 Å². The van der Waals surface area contributed by atoms with Gasteiger partial charge in [-0.3, -0.25) is 0 Å². The number of nitrogens with one attached hydrogen (secondary N) is 1. The zero-order chi connectivity index (χ0) is 22.5. The number of phenols is 1. The number of hydrogen-bond acceptors (Lipinski definition) is 6. The molecule has 1 saturated heterocycles. The summed E-state index contributed by atoms with van der Waals surface area (Å²) >= 11 is 0. The van der Waals surface area contributed by atoms with Gasteiger partial charge in [0.25, 0.3) is 5.78 Å². The highest BCUT2D eigenvalue weighted by Gasteiger charge is 2.19. The van der Waals surface area contributed by atoms with Crippen LogP contribution >= 0.6 is 12.4 Å². The normalized spacial score (nSPS) is 14.4. The monoisotopic (exact) mass is 477 g/mol. The Labute approximate surface area is 203 Å². The summed E-state index contributed by atoms with van der Waals surface area (Å²) in [7, 11) is 0. The maximum Gasteiger partial charge on any atom is 0.273 e. The summed E-state index contributed by atoms with van der Waals surface area (Å²) in [5.74, 6) is 1.45. The van der Waals surface area contributed by atoms with E-state index < -0.39 is 0 Å². The molecule has 34 heavy (non-hydrogen) atoms. The van der Waals surface area contributed by atoms with Crippen LogP contribution in [0.25, 0.3) is 27.8 Å². The van der Waals surface area contributed by atoms with Crippen LogP contribution in [-0.4, -0.2) is 59.4 Å². The highest BCUT2D eigenvalue weighted by molar-refractivity contribution is 6.07. The van der Waals surface area contributed by atoms with Crippen LogP contribution in [0.1, 0.15) is 40.9 Å². The molecule has 2 aromatic carbocycles. The fourth-order valence-corrected chi connectivity index (χ4v) is 5.04.